The third-order valence-corrected chi connectivity index (χ3v) is 10.8. The van der Waals surface area contributed by atoms with Gasteiger partial charge in [0.1, 0.15) is 0 Å². The summed E-state index contributed by atoms with van der Waals surface area (Å²) in [6.07, 6.45) is 0. The van der Waals surface area contributed by atoms with Gasteiger partial charge in [-0.2, -0.15) is 0 Å². The smallest absolute Gasteiger partial charge is 0.0468 e. The minimum Gasteiger partial charge on any atom is -0.310 e. The largest absolute Gasteiger partial charge is 0.310 e. The van der Waals surface area contributed by atoms with Crippen molar-refractivity contribution >= 4 is 49.4 Å². The Balaban J connectivity index is 1.12. The second kappa shape index (κ2) is 13.0. The molecule has 0 aliphatic rings. The summed E-state index contributed by atoms with van der Waals surface area (Å²) in [6.45, 7) is 4.61. The molecule has 0 aliphatic carbocycles. The highest BCUT2D eigenvalue weighted by atomic mass is 15.1. The van der Waals surface area contributed by atoms with E-state index in [0.29, 0.717) is 0 Å². The molecule has 0 saturated carbocycles. The minimum atomic E-state index is -0.115. The van der Waals surface area contributed by atoms with Gasteiger partial charge in [0, 0.05) is 22.5 Å². The summed E-state index contributed by atoms with van der Waals surface area (Å²) < 4.78 is 0. The first kappa shape index (κ1) is 31.5. The molecule has 0 bridgehead atoms. The monoisotopic (exact) mass is 665 g/mol. The fraction of sp³-hybridized carbons (Fsp3) is 0.0588. The van der Waals surface area contributed by atoms with E-state index < -0.39 is 0 Å². The first-order chi connectivity index (χ1) is 25.5. The summed E-state index contributed by atoms with van der Waals surface area (Å²) in [5.41, 5.74) is 10.7. The molecule has 0 spiro atoms. The first-order valence-corrected chi connectivity index (χ1v) is 18.1. The predicted octanol–water partition coefficient (Wildman–Crippen LogP) is 14.3. The second-order valence-corrected chi connectivity index (χ2v) is 14.2. The number of nitrogens with zero attached hydrogens (tertiary/aromatic N) is 1. The van der Waals surface area contributed by atoms with Gasteiger partial charge in [-0.05, 0) is 102 Å². The molecule has 52 heavy (non-hydrogen) atoms. The van der Waals surface area contributed by atoms with Gasteiger partial charge in [0.05, 0.1) is 0 Å². The fourth-order valence-electron chi connectivity index (χ4n) is 7.74. The third-order valence-electron chi connectivity index (χ3n) is 10.8. The van der Waals surface area contributed by atoms with Crippen LogP contribution in [0.3, 0.4) is 0 Å². The molecule has 9 rings (SSSR count). The fourth-order valence-corrected chi connectivity index (χ4v) is 7.74. The molecule has 9 aromatic carbocycles. The highest BCUT2D eigenvalue weighted by Crippen LogP contribution is 2.41. The maximum Gasteiger partial charge on any atom is 0.0468 e. The van der Waals surface area contributed by atoms with Gasteiger partial charge in [-0.1, -0.05) is 178 Å². The molecular formula is C51H39N. The maximum absolute atomic E-state index is 2.38. The van der Waals surface area contributed by atoms with Gasteiger partial charge in [0.2, 0.25) is 0 Å². The SMILES string of the molecule is CC(C)(c1ccccc1)c1ccc(N(c2ccc(-c3ccc(-c4ccccc4)cc3)cc2)c2ccc3c(ccc4c5ccccc5ccc34)c2)cc1. The Labute approximate surface area is 306 Å². The lowest BCUT2D eigenvalue weighted by atomic mass is 9.78. The van der Waals surface area contributed by atoms with Gasteiger partial charge < -0.3 is 4.90 Å². The normalized spacial score (nSPS) is 11.7. The Morgan fingerprint density at radius 2 is 0.731 bits per heavy atom. The minimum absolute atomic E-state index is 0.115. The molecule has 0 N–H and O–H groups in total. The Bertz CT molecular complexity index is 2660. The van der Waals surface area contributed by atoms with E-state index in [2.05, 4.69) is 219 Å². The van der Waals surface area contributed by atoms with Crippen LogP contribution in [0.2, 0.25) is 0 Å². The van der Waals surface area contributed by atoms with Crippen molar-refractivity contribution in [1.82, 2.24) is 0 Å². The quantitative estimate of drug-likeness (QED) is 0.153. The van der Waals surface area contributed by atoms with E-state index in [1.54, 1.807) is 0 Å². The van der Waals surface area contributed by atoms with Crippen LogP contribution in [0, 0.1) is 0 Å². The van der Waals surface area contributed by atoms with E-state index in [1.165, 1.54) is 65.7 Å². The summed E-state index contributed by atoms with van der Waals surface area (Å²) >= 11 is 0. The molecule has 0 fully saturated rings. The van der Waals surface area contributed by atoms with Gasteiger partial charge in [0.15, 0.2) is 0 Å². The van der Waals surface area contributed by atoms with Gasteiger partial charge in [-0.25, -0.2) is 0 Å². The van der Waals surface area contributed by atoms with E-state index >= 15 is 0 Å². The van der Waals surface area contributed by atoms with E-state index in [4.69, 9.17) is 0 Å². The van der Waals surface area contributed by atoms with Gasteiger partial charge in [-0.3, -0.25) is 0 Å². The number of anilines is 3. The average Bonchev–Trinajstić information content (AvgIpc) is 3.22. The van der Waals surface area contributed by atoms with Crippen molar-refractivity contribution in [3.05, 3.63) is 211 Å². The van der Waals surface area contributed by atoms with Crippen LogP contribution in [0.5, 0.6) is 0 Å². The zero-order valence-corrected chi connectivity index (χ0v) is 29.5. The van der Waals surface area contributed by atoms with Crippen molar-refractivity contribution in [1.29, 1.82) is 0 Å². The number of benzene rings is 9. The first-order valence-electron chi connectivity index (χ1n) is 18.1. The van der Waals surface area contributed by atoms with Crippen LogP contribution < -0.4 is 4.90 Å². The van der Waals surface area contributed by atoms with E-state index in [0.717, 1.165) is 17.1 Å². The summed E-state index contributed by atoms with van der Waals surface area (Å²) in [7, 11) is 0. The van der Waals surface area contributed by atoms with Crippen molar-refractivity contribution in [2.24, 2.45) is 0 Å². The van der Waals surface area contributed by atoms with Crippen LogP contribution in [0.25, 0.3) is 54.6 Å². The molecule has 0 radical (unpaired) electrons. The van der Waals surface area contributed by atoms with E-state index in [-0.39, 0.29) is 5.41 Å². The topological polar surface area (TPSA) is 3.24 Å². The third kappa shape index (κ3) is 5.71. The van der Waals surface area contributed by atoms with Gasteiger partial charge in [0.25, 0.3) is 0 Å². The number of rotatable bonds is 7. The Kier molecular flexibility index (Phi) is 7.90. The van der Waals surface area contributed by atoms with Gasteiger partial charge >= 0.3 is 0 Å². The van der Waals surface area contributed by atoms with E-state index in [1.807, 2.05) is 0 Å². The van der Waals surface area contributed by atoms with Crippen LogP contribution in [0.15, 0.2) is 200 Å². The summed E-state index contributed by atoms with van der Waals surface area (Å²) in [4.78, 5) is 2.38. The van der Waals surface area contributed by atoms with Gasteiger partial charge in [-0.15, -0.1) is 0 Å². The van der Waals surface area contributed by atoms with Crippen LogP contribution in [-0.4, -0.2) is 0 Å². The molecule has 0 unspecified atom stereocenters. The van der Waals surface area contributed by atoms with Crippen molar-refractivity contribution in [3.63, 3.8) is 0 Å². The van der Waals surface area contributed by atoms with Crippen molar-refractivity contribution < 1.29 is 0 Å². The summed E-state index contributed by atoms with van der Waals surface area (Å²) in [5.74, 6) is 0. The molecule has 1 heteroatoms. The number of hydrogen-bond acceptors (Lipinski definition) is 1. The highest BCUT2D eigenvalue weighted by Gasteiger charge is 2.23. The number of hydrogen-bond donors (Lipinski definition) is 0. The standard InChI is InChI=1S/C51H39N/c1-51(2,42-14-7-4-8-15-42)43-25-29-45(30-26-43)52(44-27-21-39(22-28-44)38-19-17-37(18-20-38)36-11-5-3-6-12-36)46-31-34-48-41(35-46)24-33-49-47-16-10-9-13-40(47)23-32-50(48)49/h3-35H,1-2H3. The summed E-state index contributed by atoms with van der Waals surface area (Å²) in [6, 6.07) is 72.9. The Morgan fingerprint density at radius 1 is 0.308 bits per heavy atom. The summed E-state index contributed by atoms with van der Waals surface area (Å²) in [5, 5.41) is 7.62. The average molecular weight is 666 g/mol. The molecule has 248 valence electrons. The molecule has 9 aromatic rings. The molecule has 1 nitrogen and oxygen atoms in total. The van der Waals surface area contributed by atoms with Crippen molar-refractivity contribution in [2.75, 3.05) is 4.90 Å². The van der Waals surface area contributed by atoms with Crippen LogP contribution in [-0.2, 0) is 5.41 Å². The number of fused-ring (bicyclic) bond motifs is 5. The molecule has 0 aliphatic heterocycles. The van der Waals surface area contributed by atoms with Crippen LogP contribution in [0.1, 0.15) is 25.0 Å². The highest BCUT2D eigenvalue weighted by molar-refractivity contribution is 6.17. The molecular weight excluding hydrogens is 627 g/mol. The maximum atomic E-state index is 2.38. The Morgan fingerprint density at radius 3 is 1.37 bits per heavy atom. The lowest BCUT2D eigenvalue weighted by molar-refractivity contribution is 0.641. The molecule has 0 aromatic heterocycles. The van der Waals surface area contributed by atoms with Crippen molar-refractivity contribution in [2.45, 2.75) is 19.3 Å². The molecule has 0 heterocycles. The molecule has 0 saturated heterocycles. The Hall–Kier alpha value is -6.44. The van der Waals surface area contributed by atoms with Crippen molar-refractivity contribution in [3.8, 4) is 22.3 Å². The van der Waals surface area contributed by atoms with E-state index in [9.17, 15) is 0 Å². The predicted molar refractivity (Wildman–Crippen MR) is 223 cm³/mol. The van der Waals surface area contributed by atoms with Crippen LogP contribution >= 0.6 is 0 Å². The second-order valence-electron chi connectivity index (χ2n) is 14.2. The lowest BCUT2D eigenvalue weighted by Crippen LogP contribution is -2.19. The zero-order chi connectivity index (χ0) is 35.1. The zero-order valence-electron chi connectivity index (χ0n) is 29.5. The lowest BCUT2D eigenvalue weighted by Gasteiger charge is -2.29. The molecule has 0 amide bonds. The van der Waals surface area contributed by atoms with Crippen LogP contribution in [0.4, 0.5) is 17.1 Å². The molecule has 0 atom stereocenters.